The minimum atomic E-state index is -4.86. The minimum absolute atomic E-state index is 0.700. The first kappa shape index (κ1) is 18.6. The van der Waals surface area contributed by atoms with Gasteiger partial charge in [0.1, 0.15) is 12.2 Å². The molecular weight excluding hydrogens is 345 g/mol. The molecule has 1 saturated heterocycles. The van der Waals surface area contributed by atoms with Gasteiger partial charge >= 0.3 is 6.18 Å². The van der Waals surface area contributed by atoms with Crippen LogP contribution >= 0.6 is 0 Å². The molecule has 1 aliphatic rings. The van der Waals surface area contributed by atoms with E-state index in [2.05, 4.69) is 17.8 Å². The zero-order chi connectivity index (χ0) is 16.5. The first-order valence-corrected chi connectivity index (χ1v) is 8.98. The molecule has 0 radical (unpaired) electrons. The molecule has 126 valence electrons. The molecule has 1 rings (SSSR count). The highest BCUT2D eigenvalue weighted by atomic mass is 32.2. The summed E-state index contributed by atoms with van der Waals surface area (Å²) in [5, 5.41) is 0. The van der Waals surface area contributed by atoms with E-state index in [1.54, 1.807) is 0 Å². The van der Waals surface area contributed by atoms with Crippen LogP contribution < -0.4 is 0 Å². The van der Waals surface area contributed by atoms with E-state index in [1.165, 1.54) is 0 Å². The molecule has 0 aromatic heterocycles. The lowest BCUT2D eigenvalue weighted by molar-refractivity contribution is -0.281. The molecule has 0 aliphatic carbocycles. The van der Waals surface area contributed by atoms with Crippen molar-refractivity contribution in [2.24, 2.45) is 0 Å². The quantitative estimate of drug-likeness (QED) is 0.591. The molecule has 13 heteroatoms. The van der Waals surface area contributed by atoms with Gasteiger partial charge in [-0.3, -0.25) is 8.37 Å². The first-order valence-electron chi connectivity index (χ1n) is 5.34. The Balaban J connectivity index is 2.74. The van der Waals surface area contributed by atoms with Crippen LogP contribution in [0.25, 0.3) is 0 Å². The standard InChI is InChI=1S/C8H13F3O8S2/c1-20(12,13)16-3-5-6(4-17-21(2,14)15)19-7(18-5)8(9,10)11/h5-7H,3-4H2,1-2H3. The normalized spacial score (nSPS) is 28.0. The van der Waals surface area contributed by atoms with E-state index in [0.717, 1.165) is 0 Å². The van der Waals surface area contributed by atoms with E-state index in [4.69, 9.17) is 0 Å². The van der Waals surface area contributed by atoms with Crippen LogP contribution in [-0.2, 0) is 38.1 Å². The second-order valence-electron chi connectivity index (χ2n) is 4.20. The molecule has 0 saturated carbocycles. The summed E-state index contributed by atoms with van der Waals surface area (Å²) in [6.45, 7) is -1.52. The molecule has 0 amide bonds. The molecular formula is C8H13F3O8S2. The summed E-state index contributed by atoms with van der Waals surface area (Å²) in [7, 11) is -7.81. The smallest absolute Gasteiger partial charge is 0.336 e. The fraction of sp³-hybridized carbons (Fsp3) is 1.00. The van der Waals surface area contributed by atoms with Gasteiger partial charge in [0.25, 0.3) is 26.5 Å². The van der Waals surface area contributed by atoms with Crippen molar-refractivity contribution in [3.8, 4) is 0 Å². The van der Waals surface area contributed by atoms with Crippen molar-refractivity contribution in [1.29, 1.82) is 0 Å². The highest BCUT2D eigenvalue weighted by Crippen LogP contribution is 2.32. The van der Waals surface area contributed by atoms with Gasteiger partial charge in [0.2, 0.25) is 0 Å². The maximum atomic E-state index is 12.5. The Morgan fingerprint density at radius 3 is 1.48 bits per heavy atom. The third kappa shape index (κ3) is 6.88. The van der Waals surface area contributed by atoms with Crippen molar-refractivity contribution in [3.05, 3.63) is 0 Å². The molecule has 8 nitrogen and oxygen atoms in total. The van der Waals surface area contributed by atoms with E-state index < -0.39 is 58.1 Å². The van der Waals surface area contributed by atoms with Crippen LogP contribution in [-0.4, -0.2) is 67.2 Å². The van der Waals surface area contributed by atoms with Gasteiger partial charge < -0.3 is 9.47 Å². The third-order valence-corrected chi connectivity index (χ3v) is 3.30. The van der Waals surface area contributed by atoms with Crippen LogP contribution in [0.2, 0.25) is 0 Å². The fourth-order valence-corrected chi connectivity index (χ4v) is 2.12. The van der Waals surface area contributed by atoms with Crippen molar-refractivity contribution in [1.82, 2.24) is 0 Å². The lowest BCUT2D eigenvalue weighted by Crippen LogP contribution is -2.33. The summed E-state index contributed by atoms with van der Waals surface area (Å²) in [5.41, 5.74) is 0. The third-order valence-electron chi connectivity index (χ3n) is 2.17. The molecule has 0 N–H and O–H groups in total. The van der Waals surface area contributed by atoms with Gasteiger partial charge in [0.05, 0.1) is 25.7 Å². The number of alkyl halides is 3. The summed E-state index contributed by atoms with van der Waals surface area (Å²) >= 11 is 0. The van der Waals surface area contributed by atoms with Gasteiger partial charge in [-0.1, -0.05) is 0 Å². The predicted molar refractivity (Wildman–Crippen MR) is 61.2 cm³/mol. The Bertz CT molecular complexity index is 511. The number of ether oxygens (including phenoxy) is 2. The summed E-state index contributed by atoms with van der Waals surface area (Å²) in [6.07, 6.45) is -8.97. The van der Waals surface area contributed by atoms with Crippen molar-refractivity contribution in [2.75, 3.05) is 25.7 Å². The molecule has 0 aromatic carbocycles. The predicted octanol–water partition coefficient (Wildman–Crippen LogP) is -0.389. The second kappa shape index (κ2) is 6.34. The Morgan fingerprint density at radius 1 is 0.905 bits per heavy atom. The number of halogens is 3. The SMILES string of the molecule is CS(=O)(=O)OCC1OC(C(F)(F)F)OC1COS(C)(=O)=O. The topological polar surface area (TPSA) is 105 Å². The van der Waals surface area contributed by atoms with Crippen LogP contribution in [0.1, 0.15) is 0 Å². The largest absolute Gasteiger partial charge is 0.440 e. The van der Waals surface area contributed by atoms with Gasteiger partial charge in [0.15, 0.2) is 0 Å². The number of rotatable bonds is 6. The second-order valence-corrected chi connectivity index (χ2v) is 7.49. The van der Waals surface area contributed by atoms with Crippen molar-refractivity contribution >= 4 is 20.2 Å². The molecule has 2 unspecified atom stereocenters. The highest BCUT2D eigenvalue weighted by Gasteiger charge is 2.51. The molecule has 0 spiro atoms. The molecule has 1 heterocycles. The van der Waals surface area contributed by atoms with Gasteiger partial charge in [-0.25, -0.2) is 0 Å². The number of hydrogen-bond donors (Lipinski definition) is 0. The van der Waals surface area contributed by atoms with Crippen molar-refractivity contribution in [2.45, 2.75) is 24.7 Å². The van der Waals surface area contributed by atoms with Gasteiger partial charge in [-0.15, -0.1) is 0 Å². The monoisotopic (exact) mass is 358 g/mol. The maximum absolute atomic E-state index is 12.5. The van der Waals surface area contributed by atoms with Gasteiger partial charge in [0, 0.05) is 0 Å². The van der Waals surface area contributed by atoms with Gasteiger partial charge in [-0.2, -0.15) is 30.0 Å². The summed E-state index contributed by atoms with van der Waals surface area (Å²) in [5.74, 6) is 0. The van der Waals surface area contributed by atoms with Crippen LogP contribution in [0.15, 0.2) is 0 Å². The van der Waals surface area contributed by atoms with Crippen LogP contribution in [0.3, 0.4) is 0 Å². The van der Waals surface area contributed by atoms with Crippen molar-refractivity contribution < 1.29 is 47.8 Å². The van der Waals surface area contributed by atoms with E-state index in [1.807, 2.05) is 0 Å². The lowest BCUT2D eigenvalue weighted by atomic mass is 10.2. The van der Waals surface area contributed by atoms with E-state index in [9.17, 15) is 30.0 Å². The summed E-state index contributed by atoms with van der Waals surface area (Å²) < 4.78 is 98.4. The molecule has 0 bridgehead atoms. The van der Waals surface area contributed by atoms with E-state index >= 15 is 0 Å². The van der Waals surface area contributed by atoms with Crippen LogP contribution in [0.5, 0.6) is 0 Å². The van der Waals surface area contributed by atoms with Crippen LogP contribution in [0.4, 0.5) is 13.2 Å². The van der Waals surface area contributed by atoms with E-state index in [0.29, 0.717) is 12.5 Å². The highest BCUT2D eigenvalue weighted by molar-refractivity contribution is 7.86. The molecule has 21 heavy (non-hydrogen) atoms. The lowest BCUT2D eigenvalue weighted by Gasteiger charge is -2.15. The zero-order valence-corrected chi connectivity index (χ0v) is 12.5. The molecule has 2 atom stereocenters. The minimum Gasteiger partial charge on any atom is -0.336 e. The summed E-state index contributed by atoms with van der Waals surface area (Å²) in [6, 6.07) is 0. The van der Waals surface area contributed by atoms with Crippen LogP contribution in [0, 0.1) is 0 Å². The Morgan fingerprint density at radius 2 is 1.24 bits per heavy atom. The Hall–Kier alpha value is -0.470. The zero-order valence-electron chi connectivity index (χ0n) is 10.9. The molecule has 1 fully saturated rings. The Labute approximate surface area is 119 Å². The Kier molecular flexibility index (Phi) is 5.61. The molecule has 1 aliphatic heterocycles. The number of hydrogen-bond acceptors (Lipinski definition) is 8. The summed E-state index contributed by atoms with van der Waals surface area (Å²) in [4.78, 5) is 0. The average molecular weight is 358 g/mol. The van der Waals surface area contributed by atoms with Gasteiger partial charge in [-0.05, 0) is 0 Å². The average Bonchev–Trinajstić information content (AvgIpc) is 2.64. The molecule has 0 aromatic rings. The fourth-order valence-electron chi connectivity index (χ4n) is 1.35. The first-order chi connectivity index (χ1) is 9.28. The maximum Gasteiger partial charge on any atom is 0.440 e. The van der Waals surface area contributed by atoms with Crippen molar-refractivity contribution in [3.63, 3.8) is 0 Å². The van der Waals surface area contributed by atoms with E-state index in [-0.39, 0.29) is 0 Å².